The molecule has 0 spiro atoms. The minimum absolute atomic E-state index is 0.163. The van der Waals surface area contributed by atoms with E-state index in [-0.39, 0.29) is 23.1 Å². The quantitative estimate of drug-likeness (QED) is 0.0143. The number of ether oxygens (including phenoxy) is 6. The van der Waals surface area contributed by atoms with Crippen LogP contribution in [0.5, 0.6) is 23.0 Å². The van der Waals surface area contributed by atoms with Gasteiger partial charge in [-0.25, -0.2) is 19.2 Å². The molecular weight excluding hydrogens is 837 g/mol. The lowest BCUT2D eigenvalue weighted by Crippen LogP contribution is -2.16. The van der Waals surface area contributed by atoms with E-state index in [1.165, 1.54) is 48.5 Å². The van der Waals surface area contributed by atoms with Crippen LogP contribution in [0.2, 0.25) is 0 Å². The summed E-state index contributed by atoms with van der Waals surface area (Å²) in [4.78, 5) is 47.4. The molecule has 0 saturated heterocycles. The maximum absolute atomic E-state index is 15.0. The number of benzene rings is 3. The van der Waals surface area contributed by atoms with Gasteiger partial charge in [0.25, 0.3) is 0 Å². The summed E-state index contributed by atoms with van der Waals surface area (Å²) in [5, 5.41) is 0. The summed E-state index contributed by atoms with van der Waals surface area (Å²) in [5.74, 6) is -13.9. The van der Waals surface area contributed by atoms with E-state index in [2.05, 4.69) is 13.2 Å². The van der Waals surface area contributed by atoms with Crippen molar-refractivity contribution < 1.29 is 65.2 Å². The summed E-state index contributed by atoms with van der Waals surface area (Å²) < 4.78 is 90.6. The topological polar surface area (TPSA) is 124 Å². The molecule has 3 aromatic rings. The van der Waals surface area contributed by atoms with Crippen molar-refractivity contribution in [3.05, 3.63) is 108 Å². The second-order valence-corrected chi connectivity index (χ2v) is 15.3. The molecule has 0 radical (unpaired) electrons. The summed E-state index contributed by atoms with van der Waals surface area (Å²) in [6, 6.07) is 11.0. The molecule has 3 rings (SSSR count). The van der Waals surface area contributed by atoms with Crippen molar-refractivity contribution in [1.82, 2.24) is 0 Å². The van der Waals surface area contributed by atoms with Crippen LogP contribution in [0.25, 0.3) is 0 Å². The molecule has 350 valence electrons. The summed E-state index contributed by atoms with van der Waals surface area (Å²) in [7, 11) is 0. The van der Waals surface area contributed by atoms with Crippen molar-refractivity contribution in [3.63, 3.8) is 0 Å². The average molecular weight is 899 g/mol. The Morgan fingerprint density at radius 3 is 0.906 bits per heavy atom. The van der Waals surface area contributed by atoms with Gasteiger partial charge in [0.2, 0.25) is 34.8 Å². The third-order valence-corrected chi connectivity index (χ3v) is 10.2. The number of unbranched alkanes of at least 4 members (excludes halogenated alkanes) is 18. The van der Waals surface area contributed by atoms with E-state index >= 15 is 0 Å². The predicted octanol–water partition coefficient (Wildman–Crippen LogP) is 12.7. The molecule has 0 unspecified atom stereocenters. The molecule has 0 bridgehead atoms. The van der Waals surface area contributed by atoms with Crippen LogP contribution in [-0.4, -0.2) is 50.3 Å². The summed E-state index contributed by atoms with van der Waals surface area (Å²) >= 11 is 0. The summed E-state index contributed by atoms with van der Waals surface area (Å²) in [5.41, 5.74) is -0.326. The number of carbonyl (C=O) groups is 4. The van der Waals surface area contributed by atoms with Crippen molar-refractivity contribution in [3.8, 4) is 23.0 Å². The van der Waals surface area contributed by atoms with E-state index in [1.54, 1.807) is 0 Å². The van der Waals surface area contributed by atoms with Crippen molar-refractivity contribution >= 4 is 23.9 Å². The number of hydrogen-bond acceptors (Lipinski definition) is 10. The highest BCUT2D eigenvalue weighted by atomic mass is 19.2. The number of esters is 4. The van der Waals surface area contributed by atoms with Crippen molar-refractivity contribution in [2.75, 3.05) is 26.4 Å². The van der Waals surface area contributed by atoms with Crippen molar-refractivity contribution in [2.45, 2.75) is 128 Å². The van der Waals surface area contributed by atoms with Gasteiger partial charge in [-0.05, 0) is 74.2 Å². The fourth-order valence-electron chi connectivity index (χ4n) is 6.53. The maximum atomic E-state index is 15.0. The first kappa shape index (κ1) is 52.7. The number of carbonyl (C=O) groups excluding carboxylic acids is 4. The van der Waals surface area contributed by atoms with Gasteiger partial charge in [0.1, 0.15) is 11.5 Å². The minimum atomic E-state index is -2.06. The smallest absolute Gasteiger partial charge is 0.343 e. The first-order valence-corrected chi connectivity index (χ1v) is 22.4. The van der Waals surface area contributed by atoms with Crippen LogP contribution >= 0.6 is 0 Å². The van der Waals surface area contributed by atoms with Crippen LogP contribution in [0.15, 0.2) is 73.8 Å². The van der Waals surface area contributed by atoms with Gasteiger partial charge in [-0.15, -0.1) is 0 Å². The molecule has 10 nitrogen and oxygen atoms in total. The molecule has 64 heavy (non-hydrogen) atoms. The van der Waals surface area contributed by atoms with Gasteiger partial charge < -0.3 is 28.4 Å². The first-order chi connectivity index (χ1) is 31.0. The molecule has 0 aliphatic carbocycles. The number of rotatable bonds is 34. The third kappa shape index (κ3) is 20.2. The largest absolute Gasteiger partial charge is 0.494 e. The summed E-state index contributed by atoms with van der Waals surface area (Å²) in [6.45, 7) is 8.47. The molecule has 0 N–H and O–H groups in total. The average Bonchev–Trinajstić information content (AvgIpc) is 3.31. The van der Waals surface area contributed by atoms with Gasteiger partial charge in [0, 0.05) is 12.2 Å². The molecule has 14 heteroatoms. The van der Waals surface area contributed by atoms with Crippen molar-refractivity contribution in [1.29, 1.82) is 0 Å². The maximum Gasteiger partial charge on any atom is 0.343 e. The monoisotopic (exact) mass is 898 g/mol. The minimum Gasteiger partial charge on any atom is -0.494 e. The first-order valence-electron chi connectivity index (χ1n) is 22.4. The van der Waals surface area contributed by atoms with Crippen LogP contribution < -0.4 is 18.9 Å². The third-order valence-electron chi connectivity index (χ3n) is 10.2. The van der Waals surface area contributed by atoms with Crippen LogP contribution in [0.1, 0.15) is 149 Å². The molecule has 0 aromatic heterocycles. The van der Waals surface area contributed by atoms with E-state index in [9.17, 15) is 36.7 Å². The molecule has 0 fully saturated rings. The Bertz CT molecular complexity index is 1730. The lowest BCUT2D eigenvalue weighted by Gasteiger charge is -2.13. The Balaban J connectivity index is 1.31. The van der Waals surface area contributed by atoms with Gasteiger partial charge in [-0.3, -0.25) is 0 Å². The highest BCUT2D eigenvalue weighted by molar-refractivity contribution is 5.92. The van der Waals surface area contributed by atoms with Crippen LogP contribution in [0, 0.1) is 23.3 Å². The van der Waals surface area contributed by atoms with E-state index < -0.39 is 46.7 Å². The van der Waals surface area contributed by atoms with Gasteiger partial charge >= 0.3 is 23.9 Å². The zero-order chi connectivity index (χ0) is 46.4. The van der Waals surface area contributed by atoms with E-state index in [1.807, 2.05) is 0 Å². The van der Waals surface area contributed by atoms with Crippen molar-refractivity contribution in [2.24, 2.45) is 0 Å². The van der Waals surface area contributed by atoms with Crippen LogP contribution in [0.3, 0.4) is 0 Å². The van der Waals surface area contributed by atoms with E-state index in [4.69, 9.17) is 28.4 Å². The molecule has 0 heterocycles. The molecule has 0 atom stereocenters. The standard InChI is InChI=1S/C50H62F4O10/c1-3-41(55)61-35-23-19-15-11-7-5-9-13-17-21-33-59-39-29-25-37(26-30-39)49(57)63-47-43(51)45(53)48(46(54)44(47)52)64-50(58)38-27-31-40(32-28-38)60-34-22-18-14-10-6-8-12-16-20-24-36-62-42(56)4-2/h3-4,25-32H,1-2,5-24,33-36H2. The molecule has 0 saturated carbocycles. The Morgan fingerprint density at radius 2 is 0.641 bits per heavy atom. The van der Waals surface area contributed by atoms with Gasteiger partial charge in [-0.1, -0.05) is 116 Å². The summed E-state index contributed by atoms with van der Waals surface area (Å²) in [6.07, 6.45) is 23.2. The Morgan fingerprint density at radius 1 is 0.391 bits per heavy atom. The van der Waals surface area contributed by atoms with Gasteiger partial charge in [0.05, 0.1) is 37.6 Å². The number of hydrogen-bond donors (Lipinski definition) is 0. The normalized spacial score (nSPS) is 10.8. The second kappa shape index (κ2) is 31.2. The highest BCUT2D eigenvalue weighted by Gasteiger charge is 2.31. The lowest BCUT2D eigenvalue weighted by molar-refractivity contribution is -0.138. The zero-order valence-corrected chi connectivity index (χ0v) is 36.8. The molecule has 0 amide bonds. The van der Waals surface area contributed by atoms with E-state index in [0.717, 1.165) is 141 Å². The lowest BCUT2D eigenvalue weighted by atomic mass is 10.1. The SMILES string of the molecule is C=CC(=O)OCCCCCCCCCCCCOc1ccc(C(=O)Oc2c(F)c(F)c(OC(=O)c3ccc(OCCCCCCCCCCCCOC(=O)C=C)cc3)c(F)c2F)cc1. The molecule has 0 aliphatic rings. The highest BCUT2D eigenvalue weighted by Crippen LogP contribution is 2.35. The van der Waals surface area contributed by atoms with E-state index in [0.29, 0.717) is 37.9 Å². The molecule has 3 aromatic carbocycles. The molecule has 0 aliphatic heterocycles. The predicted molar refractivity (Wildman–Crippen MR) is 235 cm³/mol. The van der Waals surface area contributed by atoms with Gasteiger partial charge in [-0.2, -0.15) is 17.6 Å². The van der Waals surface area contributed by atoms with Gasteiger partial charge in [0.15, 0.2) is 0 Å². The Kier molecular flexibility index (Phi) is 25.7. The Hall–Kier alpha value is -5.66. The zero-order valence-electron chi connectivity index (χ0n) is 36.8. The molecular formula is C50H62F4O10. The Labute approximate surface area is 374 Å². The fourth-order valence-corrected chi connectivity index (χ4v) is 6.53. The van der Waals surface area contributed by atoms with Crippen LogP contribution in [0.4, 0.5) is 17.6 Å². The number of halogens is 4. The second-order valence-electron chi connectivity index (χ2n) is 15.3. The fraction of sp³-hybridized carbons (Fsp3) is 0.480. The van der Waals surface area contributed by atoms with Crippen LogP contribution in [-0.2, 0) is 19.1 Å².